The maximum atomic E-state index is 11.9. The highest BCUT2D eigenvalue weighted by atomic mass is 79.9. The quantitative estimate of drug-likeness (QED) is 0.684. The number of amides is 2. The molecular weight excluding hydrogens is 300 g/mol. The van der Waals surface area contributed by atoms with Crippen molar-refractivity contribution in [1.29, 1.82) is 0 Å². The number of halogens is 1. The van der Waals surface area contributed by atoms with Crippen molar-refractivity contribution in [3.8, 4) is 0 Å². The van der Waals surface area contributed by atoms with Crippen molar-refractivity contribution in [3.63, 3.8) is 0 Å². The number of nitrogens with one attached hydrogen (secondary N) is 1. The van der Waals surface area contributed by atoms with Crippen molar-refractivity contribution in [1.82, 2.24) is 10.4 Å². The Bertz CT molecular complexity index is 398. The molecule has 2 amide bonds. The molecule has 0 radical (unpaired) electrons. The molecule has 6 heteroatoms. The normalized spacial score (nSPS) is 9.67. The van der Waals surface area contributed by atoms with Crippen LogP contribution in [0.15, 0.2) is 30.3 Å². The van der Waals surface area contributed by atoms with Crippen LogP contribution < -0.4 is 5.43 Å². The van der Waals surface area contributed by atoms with Crippen LogP contribution in [0.1, 0.15) is 17.3 Å². The predicted molar refractivity (Wildman–Crippen MR) is 71.4 cm³/mol. The third-order valence-corrected chi connectivity index (χ3v) is 2.42. The molecule has 1 aromatic rings. The van der Waals surface area contributed by atoms with Crippen molar-refractivity contribution in [2.75, 3.05) is 18.5 Å². The minimum Gasteiger partial charge on any atom is -0.448 e. The molecule has 0 aromatic heterocycles. The number of alkyl halides is 1. The molecule has 0 atom stereocenters. The standard InChI is InChI=1S/C12H15BrN2O3/c1-2-18-12(17)15(9-8-13)14-11(16)10-6-4-3-5-7-10/h3-7H,2,8-9H2,1H3,(H,14,16). The fourth-order valence-electron chi connectivity index (χ4n) is 1.26. The number of nitrogens with zero attached hydrogens (tertiary/aromatic N) is 1. The fraction of sp³-hybridized carbons (Fsp3) is 0.333. The highest BCUT2D eigenvalue weighted by molar-refractivity contribution is 9.09. The van der Waals surface area contributed by atoms with Gasteiger partial charge in [-0.05, 0) is 19.1 Å². The topological polar surface area (TPSA) is 58.6 Å². The van der Waals surface area contributed by atoms with E-state index < -0.39 is 6.09 Å². The van der Waals surface area contributed by atoms with Gasteiger partial charge in [0.05, 0.1) is 13.2 Å². The van der Waals surface area contributed by atoms with E-state index in [1.54, 1.807) is 31.2 Å². The second kappa shape index (κ2) is 7.71. The number of benzene rings is 1. The molecule has 0 aliphatic carbocycles. The zero-order chi connectivity index (χ0) is 13.4. The van der Waals surface area contributed by atoms with Crippen molar-refractivity contribution in [3.05, 3.63) is 35.9 Å². The van der Waals surface area contributed by atoms with E-state index in [0.717, 1.165) is 5.01 Å². The number of hydrazine groups is 1. The van der Waals surface area contributed by atoms with Crippen LogP contribution in [0.4, 0.5) is 4.79 Å². The summed E-state index contributed by atoms with van der Waals surface area (Å²) in [4.78, 5) is 23.4. The lowest BCUT2D eigenvalue weighted by Crippen LogP contribution is -2.47. The Morgan fingerprint density at radius 3 is 2.56 bits per heavy atom. The molecule has 0 fully saturated rings. The number of hydrogen-bond acceptors (Lipinski definition) is 3. The summed E-state index contributed by atoms with van der Waals surface area (Å²) in [7, 11) is 0. The van der Waals surface area contributed by atoms with Gasteiger partial charge in [-0.2, -0.15) is 0 Å². The van der Waals surface area contributed by atoms with Crippen LogP contribution in [0.3, 0.4) is 0 Å². The van der Waals surface area contributed by atoms with Gasteiger partial charge >= 0.3 is 6.09 Å². The lowest BCUT2D eigenvalue weighted by molar-refractivity contribution is 0.0676. The molecule has 0 spiro atoms. The Balaban J connectivity index is 2.66. The summed E-state index contributed by atoms with van der Waals surface area (Å²) in [6, 6.07) is 8.68. The number of carbonyl (C=O) groups excluding carboxylic acids is 2. The molecular formula is C12H15BrN2O3. The van der Waals surface area contributed by atoms with Gasteiger partial charge in [-0.15, -0.1) is 0 Å². The molecule has 1 N–H and O–H groups in total. The molecule has 98 valence electrons. The summed E-state index contributed by atoms with van der Waals surface area (Å²) in [6.45, 7) is 2.31. The summed E-state index contributed by atoms with van der Waals surface area (Å²) < 4.78 is 4.84. The number of rotatable bonds is 4. The molecule has 1 aromatic carbocycles. The summed E-state index contributed by atoms with van der Waals surface area (Å²) >= 11 is 3.21. The Hall–Kier alpha value is -1.56. The van der Waals surface area contributed by atoms with Gasteiger partial charge in [0.2, 0.25) is 0 Å². The van der Waals surface area contributed by atoms with E-state index in [1.807, 2.05) is 6.07 Å². The second-order valence-corrected chi connectivity index (χ2v) is 4.14. The van der Waals surface area contributed by atoms with Crippen LogP contribution in [0.25, 0.3) is 0 Å². The van der Waals surface area contributed by atoms with E-state index in [4.69, 9.17) is 4.74 Å². The van der Waals surface area contributed by atoms with Gasteiger partial charge in [-0.1, -0.05) is 34.1 Å². The predicted octanol–water partition coefficient (Wildman–Crippen LogP) is 2.18. The average molecular weight is 315 g/mol. The number of hydrogen-bond donors (Lipinski definition) is 1. The smallest absolute Gasteiger partial charge is 0.428 e. The van der Waals surface area contributed by atoms with Crippen LogP contribution in [-0.2, 0) is 4.74 Å². The molecule has 0 saturated carbocycles. The first-order valence-corrected chi connectivity index (χ1v) is 6.67. The minimum absolute atomic E-state index is 0.263. The fourth-order valence-corrected chi connectivity index (χ4v) is 1.61. The van der Waals surface area contributed by atoms with Crippen molar-refractivity contribution >= 4 is 27.9 Å². The summed E-state index contributed by atoms with van der Waals surface area (Å²) in [5.74, 6) is -0.343. The number of ether oxygens (including phenoxy) is 1. The molecule has 5 nitrogen and oxygen atoms in total. The Labute approximate surface area is 114 Å². The van der Waals surface area contributed by atoms with Gasteiger partial charge in [0, 0.05) is 10.9 Å². The van der Waals surface area contributed by atoms with Crippen molar-refractivity contribution in [2.45, 2.75) is 6.92 Å². The lowest BCUT2D eigenvalue weighted by Gasteiger charge is -2.21. The Kier molecular flexibility index (Phi) is 6.21. The molecule has 18 heavy (non-hydrogen) atoms. The van der Waals surface area contributed by atoms with E-state index in [2.05, 4.69) is 21.4 Å². The first-order valence-electron chi connectivity index (χ1n) is 5.55. The van der Waals surface area contributed by atoms with E-state index in [-0.39, 0.29) is 12.5 Å². The van der Waals surface area contributed by atoms with E-state index in [9.17, 15) is 9.59 Å². The van der Waals surface area contributed by atoms with Crippen molar-refractivity contribution in [2.24, 2.45) is 0 Å². The molecule has 0 aliphatic heterocycles. The van der Waals surface area contributed by atoms with Crippen LogP contribution in [0, 0.1) is 0 Å². The van der Waals surface area contributed by atoms with Gasteiger partial charge < -0.3 is 4.74 Å². The molecule has 0 aliphatic rings. The average Bonchev–Trinajstić information content (AvgIpc) is 2.39. The van der Waals surface area contributed by atoms with Gasteiger partial charge in [0.25, 0.3) is 5.91 Å². The zero-order valence-corrected chi connectivity index (χ0v) is 11.6. The lowest BCUT2D eigenvalue weighted by atomic mass is 10.2. The monoisotopic (exact) mass is 314 g/mol. The van der Waals surface area contributed by atoms with Crippen LogP contribution in [0.5, 0.6) is 0 Å². The minimum atomic E-state index is -0.568. The molecule has 0 heterocycles. The van der Waals surface area contributed by atoms with Crippen LogP contribution >= 0.6 is 15.9 Å². The largest absolute Gasteiger partial charge is 0.448 e. The van der Waals surface area contributed by atoms with Crippen LogP contribution in [-0.4, -0.2) is 35.5 Å². The molecule has 0 unspecified atom stereocenters. The maximum absolute atomic E-state index is 11.9. The van der Waals surface area contributed by atoms with E-state index in [0.29, 0.717) is 17.4 Å². The van der Waals surface area contributed by atoms with Gasteiger partial charge in [0.1, 0.15) is 0 Å². The highest BCUT2D eigenvalue weighted by Crippen LogP contribution is 2.00. The third-order valence-electron chi connectivity index (χ3n) is 2.07. The Morgan fingerprint density at radius 2 is 2.00 bits per heavy atom. The van der Waals surface area contributed by atoms with Gasteiger partial charge in [0.15, 0.2) is 0 Å². The molecule has 0 saturated heterocycles. The van der Waals surface area contributed by atoms with E-state index in [1.165, 1.54) is 0 Å². The zero-order valence-electron chi connectivity index (χ0n) is 10.1. The maximum Gasteiger partial charge on any atom is 0.428 e. The first kappa shape index (κ1) is 14.5. The first-order chi connectivity index (χ1) is 8.69. The van der Waals surface area contributed by atoms with Crippen LogP contribution in [0.2, 0.25) is 0 Å². The molecule has 1 rings (SSSR count). The highest BCUT2D eigenvalue weighted by Gasteiger charge is 2.17. The summed E-state index contributed by atoms with van der Waals surface area (Å²) in [5, 5.41) is 1.69. The van der Waals surface area contributed by atoms with E-state index >= 15 is 0 Å². The Morgan fingerprint density at radius 1 is 1.33 bits per heavy atom. The van der Waals surface area contributed by atoms with Crippen molar-refractivity contribution < 1.29 is 14.3 Å². The number of carbonyl (C=O) groups is 2. The van der Waals surface area contributed by atoms with Gasteiger partial charge in [-0.25, -0.2) is 9.80 Å². The summed E-state index contributed by atoms with van der Waals surface area (Å²) in [5.41, 5.74) is 3.00. The summed E-state index contributed by atoms with van der Waals surface area (Å²) in [6.07, 6.45) is -0.568. The SMILES string of the molecule is CCOC(=O)N(CCBr)NC(=O)c1ccccc1. The second-order valence-electron chi connectivity index (χ2n) is 3.35. The third kappa shape index (κ3) is 4.37. The van der Waals surface area contributed by atoms with Gasteiger partial charge in [-0.3, -0.25) is 10.2 Å². The molecule has 0 bridgehead atoms.